The summed E-state index contributed by atoms with van der Waals surface area (Å²) in [5.41, 5.74) is 0.857. The number of rotatable bonds is 6. The number of hydrogen-bond acceptors (Lipinski definition) is 3. The first-order chi connectivity index (χ1) is 8.18. The van der Waals surface area contributed by atoms with Crippen LogP contribution in [0.2, 0.25) is 0 Å². The Kier molecular flexibility index (Phi) is 6.03. The summed E-state index contributed by atoms with van der Waals surface area (Å²) < 4.78 is 0. The summed E-state index contributed by atoms with van der Waals surface area (Å²) in [7, 11) is 4.03. The third-order valence-electron chi connectivity index (χ3n) is 2.22. The van der Waals surface area contributed by atoms with Crippen molar-refractivity contribution in [2.24, 2.45) is 0 Å². The molecule has 0 radical (unpaired) electrons. The van der Waals surface area contributed by atoms with Crippen molar-refractivity contribution in [3.05, 3.63) is 30.1 Å². The summed E-state index contributed by atoms with van der Waals surface area (Å²) in [5, 5.41) is 5.56. The van der Waals surface area contributed by atoms with Crippen molar-refractivity contribution in [1.82, 2.24) is 20.5 Å². The molecular weight excluding hydrogens is 216 g/mol. The second-order valence-electron chi connectivity index (χ2n) is 4.09. The van der Waals surface area contributed by atoms with E-state index in [0.29, 0.717) is 13.1 Å². The molecule has 5 heteroatoms. The minimum Gasteiger partial charge on any atom is -0.338 e. The van der Waals surface area contributed by atoms with Gasteiger partial charge >= 0.3 is 6.03 Å². The van der Waals surface area contributed by atoms with E-state index >= 15 is 0 Å². The highest BCUT2D eigenvalue weighted by Gasteiger charge is 2.00. The lowest BCUT2D eigenvalue weighted by Crippen LogP contribution is -2.36. The Hall–Kier alpha value is -1.62. The van der Waals surface area contributed by atoms with E-state index in [0.717, 1.165) is 18.7 Å². The predicted molar refractivity (Wildman–Crippen MR) is 67.6 cm³/mol. The Labute approximate surface area is 102 Å². The van der Waals surface area contributed by atoms with E-state index in [2.05, 4.69) is 20.5 Å². The third-order valence-corrected chi connectivity index (χ3v) is 2.22. The average Bonchev–Trinajstić information content (AvgIpc) is 2.33. The molecule has 0 aliphatic rings. The lowest BCUT2D eigenvalue weighted by atomic mass is 10.3. The Balaban J connectivity index is 2.09. The highest BCUT2D eigenvalue weighted by atomic mass is 16.2. The normalized spacial score (nSPS) is 10.3. The Morgan fingerprint density at radius 1 is 1.35 bits per heavy atom. The van der Waals surface area contributed by atoms with Crippen molar-refractivity contribution in [3.8, 4) is 0 Å². The van der Waals surface area contributed by atoms with Crippen LogP contribution in [0.15, 0.2) is 24.4 Å². The van der Waals surface area contributed by atoms with Crippen LogP contribution < -0.4 is 10.6 Å². The van der Waals surface area contributed by atoms with Gasteiger partial charge < -0.3 is 15.5 Å². The number of nitrogens with zero attached hydrogens (tertiary/aromatic N) is 2. The van der Waals surface area contributed by atoms with E-state index in [1.54, 1.807) is 6.20 Å². The van der Waals surface area contributed by atoms with E-state index in [4.69, 9.17) is 0 Å². The largest absolute Gasteiger partial charge is 0.338 e. The van der Waals surface area contributed by atoms with E-state index in [9.17, 15) is 4.79 Å². The summed E-state index contributed by atoms with van der Waals surface area (Å²) in [6, 6.07) is 5.49. The zero-order valence-corrected chi connectivity index (χ0v) is 10.4. The molecule has 0 bridgehead atoms. The summed E-state index contributed by atoms with van der Waals surface area (Å²) >= 11 is 0. The molecule has 0 aromatic carbocycles. The molecule has 1 aromatic heterocycles. The molecule has 2 amide bonds. The lowest BCUT2D eigenvalue weighted by Gasteiger charge is -2.10. The van der Waals surface area contributed by atoms with Gasteiger partial charge in [-0.2, -0.15) is 0 Å². The molecule has 0 atom stereocenters. The Morgan fingerprint density at radius 2 is 2.18 bits per heavy atom. The van der Waals surface area contributed by atoms with Gasteiger partial charge in [0.05, 0.1) is 12.2 Å². The first kappa shape index (κ1) is 13.4. The molecule has 0 unspecified atom stereocenters. The van der Waals surface area contributed by atoms with Gasteiger partial charge in [-0.05, 0) is 39.2 Å². The number of hydrogen-bond donors (Lipinski definition) is 2. The fraction of sp³-hybridized carbons (Fsp3) is 0.500. The van der Waals surface area contributed by atoms with Crippen LogP contribution in [0.4, 0.5) is 4.79 Å². The van der Waals surface area contributed by atoms with E-state index in [1.165, 1.54) is 0 Å². The maximum absolute atomic E-state index is 11.4. The number of carbonyl (C=O) groups is 1. The van der Waals surface area contributed by atoms with Gasteiger partial charge in [0.2, 0.25) is 0 Å². The van der Waals surface area contributed by atoms with Crippen LogP contribution >= 0.6 is 0 Å². The summed E-state index contributed by atoms with van der Waals surface area (Å²) in [6.45, 7) is 2.12. The van der Waals surface area contributed by atoms with Gasteiger partial charge in [-0.1, -0.05) is 6.07 Å². The highest BCUT2D eigenvalue weighted by molar-refractivity contribution is 5.73. The minimum absolute atomic E-state index is 0.144. The number of nitrogens with one attached hydrogen (secondary N) is 2. The van der Waals surface area contributed by atoms with Gasteiger partial charge in [0.25, 0.3) is 0 Å². The van der Waals surface area contributed by atoms with E-state index in [1.807, 2.05) is 32.3 Å². The molecule has 2 N–H and O–H groups in total. The molecule has 5 nitrogen and oxygen atoms in total. The summed E-state index contributed by atoms with van der Waals surface area (Å²) in [5.74, 6) is 0. The van der Waals surface area contributed by atoms with Crippen molar-refractivity contribution in [2.75, 3.05) is 27.2 Å². The van der Waals surface area contributed by atoms with Crippen molar-refractivity contribution in [2.45, 2.75) is 13.0 Å². The van der Waals surface area contributed by atoms with Gasteiger partial charge in [-0.25, -0.2) is 4.79 Å². The highest BCUT2D eigenvalue weighted by Crippen LogP contribution is 1.91. The number of urea groups is 1. The van der Waals surface area contributed by atoms with Gasteiger partial charge in [-0.15, -0.1) is 0 Å². The topological polar surface area (TPSA) is 57.3 Å². The Morgan fingerprint density at radius 3 is 2.82 bits per heavy atom. The van der Waals surface area contributed by atoms with Crippen LogP contribution in [0, 0.1) is 0 Å². The summed E-state index contributed by atoms with van der Waals surface area (Å²) in [6.07, 6.45) is 2.66. The minimum atomic E-state index is -0.144. The Bertz CT molecular complexity index is 327. The van der Waals surface area contributed by atoms with Crippen molar-refractivity contribution >= 4 is 6.03 Å². The zero-order chi connectivity index (χ0) is 12.5. The van der Waals surface area contributed by atoms with Crippen LogP contribution in [-0.4, -0.2) is 43.1 Å². The maximum Gasteiger partial charge on any atom is 0.315 e. The molecule has 17 heavy (non-hydrogen) atoms. The van der Waals surface area contributed by atoms with Crippen LogP contribution in [-0.2, 0) is 6.54 Å². The molecule has 0 saturated carbocycles. The number of carbonyl (C=O) groups excluding carboxylic acids is 1. The molecule has 0 fully saturated rings. The van der Waals surface area contributed by atoms with Crippen LogP contribution in [0.25, 0.3) is 0 Å². The molecule has 0 aliphatic heterocycles. The van der Waals surface area contributed by atoms with E-state index < -0.39 is 0 Å². The monoisotopic (exact) mass is 236 g/mol. The molecule has 0 saturated heterocycles. The molecule has 0 aliphatic carbocycles. The van der Waals surface area contributed by atoms with Gasteiger partial charge in [0.15, 0.2) is 0 Å². The van der Waals surface area contributed by atoms with Crippen molar-refractivity contribution < 1.29 is 4.79 Å². The molecule has 1 aromatic rings. The SMILES string of the molecule is CN(C)CCCNC(=O)NCc1ccccn1. The number of amides is 2. The lowest BCUT2D eigenvalue weighted by molar-refractivity contribution is 0.239. The maximum atomic E-state index is 11.4. The standard InChI is InChI=1S/C12H20N4O/c1-16(2)9-5-8-14-12(17)15-10-11-6-3-4-7-13-11/h3-4,6-7H,5,8-10H2,1-2H3,(H2,14,15,17). The fourth-order valence-electron chi connectivity index (χ4n) is 1.33. The van der Waals surface area contributed by atoms with Crippen molar-refractivity contribution in [3.63, 3.8) is 0 Å². The third kappa shape index (κ3) is 6.52. The first-order valence-corrected chi connectivity index (χ1v) is 5.75. The quantitative estimate of drug-likeness (QED) is 0.719. The zero-order valence-electron chi connectivity index (χ0n) is 10.4. The van der Waals surface area contributed by atoms with Crippen molar-refractivity contribution in [1.29, 1.82) is 0 Å². The molecule has 1 heterocycles. The number of aromatic nitrogens is 1. The fourth-order valence-corrected chi connectivity index (χ4v) is 1.33. The average molecular weight is 236 g/mol. The molecule has 1 rings (SSSR count). The smallest absolute Gasteiger partial charge is 0.315 e. The molecule has 0 spiro atoms. The predicted octanol–water partition coefficient (Wildman–Crippen LogP) is 0.832. The molecule has 94 valence electrons. The summed E-state index contributed by atoms with van der Waals surface area (Å²) in [4.78, 5) is 17.6. The van der Waals surface area contributed by atoms with Gasteiger partial charge in [0, 0.05) is 12.7 Å². The van der Waals surface area contributed by atoms with Gasteiger partial charge in [0.1, 0.15) is 0 Å². The van der Waals surface area contributed by atoms with Crippen LogP contribution in [0.5, 0.6) is 0 Å². The van der Waals surface area contributed by atoms with Crippen LogP contribution in [0.1, 0.15) is 12.1 Å². The second-order valence-corrected chi connectivity index (χ2v) is 4.09. The molecular formula is C12H20N4O. The number of pyridine rings is 1. The van der Waals surface area contributed by atoms with E-state index in [-0.39, 0.29) is 6.03 Å². The first-order valence-electron chi connectivity index (χ1n) is 5.75. The van der Waals surface area contributed by atoms with Gasteiger partial charge in [-0.3, -0.25) is 4.98 Å². The van der Waals surface area contributed by atoms with Crippen LogP contribution in [0.3, 0.4) is 0 Å². The second kappa shape index (κ2) is 7.62.